The van der Waals surface area contributed by atoms with Gasteiger partial charge in [0.05, 0.1) is 17.0 Å². The number of carbonyl (C=O) groups is 2. The van der Waals surface area contributed by atoms with Crippen LogP contribution in [0.4, 0.5) is 5.69 Å². The van der Waals surface area contributed by atoms with E-state index >= 15 is 0 Å². The number of nitrogens with one attached hydrogen (secondary N) is 1. The monoisotopic (exact) mass is 291 g/mol. The molecule has 6 heteroatoms. The van der Waals surface area contributed by atoms with Crippen molar-refractivity contribution in [3.63, 3.8) is 0 Å². The fraction of sp³-hybridized carbons (Fsp3) is 0.357. The molecular formula is C14H14ClN3O2. The lowest BCUT2D eigenvalue weighted by atomic mass is 10.2. The van der Waals surface area contributed by atoms with Gasteiger partial charge in [0.2, 0.25) is 5.91 Å². The van der Waals surface area contributed by atoms with Gasteiger partial charge in [-0.3, -0.25) is 14.5 Å². The summed E-state index contributed by atoms with van der Waals surface area (Å²) in [6.45, 7) is 2.37. The number of nitriles is 1. The smallest absolute Gasteiger partial charge is 0.252 e. The highest BCUT2D eigenvalue weighted by molar-refractivity contribution is 6.32. The summed E-state index contributed by atoms with van der Waals surface area (Å²) in [6, 6.07) is 6.24. The Hall–Kier alpha value is -2.06. The Morgan fingerprint density at radius 1 is 1.50 bits per heavy atom. The third-order valence-electron chi connectivity index (χ3n) is 3.12. The maximum atomic E-state index is 12.1. The van der Waals surface area contributed by atoms with E-state index in [9.17, 15) is 9.59 Å². The fourth-order valence-electron chi connectivity index (χ4n) is 2.15. The number of imide groups is 1. The molecule has 1 unspecified atom stereocenters. The van der Waals surface area contributed by atoms with Crippen molar-refractivity contribution in [2.24, 2.45) is 0 Å². The molecule has 0 bridgehead atoms. The van der Waals surface area contributed by atoms with E-state index in [4.69, 9.17) is 16.9 Å². The largest absolute Gasteiger partial charge is 0.373 e. The van der Waals surface area contributed by atoms with Crippen LogP contribution in [0.3, 0.4) is 0 Å². The zero-order valence-corrected chi connectivity index (χ0v) is 11.8. The van der Waals surface area contributed by atoms with Crippen LogP contribution in [0.15, 0.2) is 18.2 Å². The predicted octanol–water partition coefficient (Wildman–Crippen LogP) is 2.16. The quantitative estimate of drug-likeness (QED) is 0.863. The number of hydrogen-bond acceptors (Lipinski definition) is 4. The third kappa shape index (κ3) is 2.75. The minimum Gasteiger partial charge on any atom is -0.373 e. The molecule has 0 radical (unpaired) electrons. The maximum Gasteiger partial charge on any atom is 0.252 e. The summed E-state index contributed by atoms with van der Waals surface area (Å²) in [5, 5.41) is 12.1. The Kier molecular flexibility index (Phi) is 4.26. The van der Waals surface area contributed by atoms with Crippen LogP contribution in [0.25, 0.3) is 0 Å². The van der Waals surface area contributed by atoms with Crippen LogP contribution in [0, 0.1) is 11.3 Å². The molecule has 0 aromatic heterocycles. The molecule has 5 nitrogen and oxygen atoms in total. The first-order valence-electron chi connectivity index (χ1n) is 6.37. The van der Waals surface area contributed by atoms with Gasteiger partial charge >= 0.3 is 0 Å². The van der Waals surface area contributed by atoms with Crippen molar-refractivity contribution in [2.45, 2.75) is 25.8 Å². The molecule has 1 fully saturated rings. The Morgan fingerprint density at radius 3 is 2.85 bits per heavy atom. The number of hydrogen-bond donors (Lipinski definition) is 1. The van der Waals surface area contributed by atoms with Gasteiger partial charge in [-0.05, 0) is 24.6 Å². The first-order chi connectivity index (χ1) is 9.56. The second-order valence-corrected chi connectivity index (χ2v) is 5.00. The van der Waals surface area contributed by atoms with E-state index in [2.05, 4.69) is 5.32 Å². The van der Waals surface area contributed by atoms with Crippen molar-refractivity contribution in [1.29, 1.82) is 5.26 Å². The zero-order chi connectivity index (χ0) is 14.7. The summed E-state index contributed by atoms with van der Waals surface area (Å²) < 4.78 is 0. The van der Waals surface area contributed by atoms with Crippen LogP contribution >= 0.6 is 11.6 Å². The Labute approximate surface area is 122 Å². The average Bonchev–Trinajstić information content (AvgIpc) is 2.67. The summed E-state index contributed by atoms with van der Waals surface area (Å²) in [5.41, 5.74) is 0.997. The lowest BCUT2D eigenvalue weighted by molar-refractivity contribution is -0.138. The Balaban J connectivity index is 2.12. The summed E-state index contributed by atoms with van der Waals surface area (Å²) in [5.74, 6) is -0.369. The molecule has 1 heterocycles. The van der Waals surface area contributed by atoms with E-state index in [0.717, 1.165) is 6.42 Å². The van der Waals surface area contributed by atoms with Gasteiger partial charge in [0.15, 0.2) is 0 Å². The molecule has 20 heavy (non-hydrogen) atoms. The lowest BCUT2D eigenvalue weighted by Crippen LogP contribution is -2.35. The summed E-state index contributed by atoms with van der Waals surface area (Å²) >= 11 is 5.93. The molecule has 1 saturated heterocycles. The highest BCUT2D eigenvalue weighted by Crippen LogP contribution is 2.23. The molecule has 1 atom stereocenters. The molecule has 104 valence electrons. The van der Waals surface area contributed by atoms with E-state index < -0.39 is 6.04 Å². The van der Waals surface area contributed by atoms with E-state index in [1.54, 1.807) is 18.2 Å². The summed E-state index contributed by atoms with van der Waals surface area (Å²) in [7, 11) is 0. The van der Waals surface area contributed by atoms with Crippen molar-refractivity contribution < 1.29 is 9.59 Å². The van der Waals surface area contributed by atoms with Gasteiger partial charge in [0.25, 0.3) is 5.91 Å². The molecular weight excluding hydrogens is 278 g/mol. The molecule has 0 spiro atoms. The van der Waals surface area contributed by atoms with Crippen LogP contribution in [0.2, 0.25) is 5.02 Å². The van der Waals surface area contributed by atoms with Gasteiger partial charge < -0.3 is 5.32 Å². The molecule has 1 aromatic rings. The maximum absolute atomic E-state index is 12.1. The van der Waals surface area contributed by atoms with Crippen molar-refractivity contribution in [2.75, 3.05) is 11.9 Å². The Morgan fingerprint density at radius 2 is 2.25 bits per heavy atom. The first kappa shape index (κ1) is 14.4. The van der Waals surface area contributed by atoms with Crippen molar-refractivity contribution in [3.8, 4) is 6.07 Å². The number of rotatable bonds is 4. The lowest BCUT2D eigenvalue weighted by Gasteiger charge is -2.15. The number of amides is 2. The second kappa shape index (κ2) is 5.93. The molecule has 1 N–H and O–H groups in total. The van der Waals surface area contributed by atoms with Gasteiger partial charge in [-0.1, -0.05) is 18.5 Å². The van der Waals surface area contributed by atoms with Gasteiger partial charge in [-0.15, -0.1) is 0 Å². The third-order valence-corrected chi connectivity index (χ3v) is 3.43. The average molecular weight is 292 g/mol. The topological polar surface area (TPSA) is 73.2 Å². The van der Waals surface area contributed by atoms with Crippen molar-refractivity contribution >= 4 is 29.1 Å². The zero-order valence-electron chi connectivity index (χ0n) is 11.0. The van der Waals surface area contributed by atoms with Gasteiger partial charge in [-0.25, -0.2) is 0 Å². The molecule has 0 aliphatic carbocycles. The van der Waals surface area contributed by atoms with Gasteiger partial charge in [0, 0.05) is 12.2 Å². The van der Waals surface area contributed by atoms with Crippen molar-refractivity contribution in [1.82, 2.24) is 4.90 Å². The normalized spacial score (nSPS) is 18.2. The van der Waals surface area contributed by atoms with E-state index in [0.29, 0.717) is 22.8 Å². The minimum atomic E-state index is -0.557. The SMILES string of the molecule is CCCN1C(=O)CC(Nc2ccc(C#N)c(Cl)c2)C1=O. The van der Waals surface area contributed by atoms with Crippen LogP contribution in [-0.4, -0.2) is 29.3 Å². The van der Waals surface area contributed by atoms with Crippen molar-refractivity contribution in [3.05, 3.63) is 28.8 Å². The Bertz CT molecular complexity index is 595. The molecule has 1 aromatic carbocycles. The predicted molar refractivity (Wildman–Crippen MR) is 75.2 cm³/mol. The molecule has 2 rings (SSSR count). The number of nitrogens with zero attached hydrogens (tertiary/aromatic N) is 2. The highest BCUT2D eigenvalue weighted by Gasteiger charge is 2.37. The first-order valence-corrected chi connectivity index (χ1v) is 6.75. The number of likely N-dealkylation sites (tertiary alicyclic amines) is 1. The molecule has 1 aliphatic rings. The summed E-state index contributed by atoms with van der Waals surface area (Å²) in [4.78, 5) is 25.1. The minimum absolute atomic E-state index is 0.149. The standard InChI is InChI=1S/C14H14ClN3O2/c1-2-5-18-13(19)7-12(14(18)20)17-10-4-3-9(8-16)11(15)6-10/h3-4,6,12,17H,2,5,7H2,1H3. The van der Waals surface area contributed by atoms with E-state index in [1.165, 1.54) is 4.90 Å². The highest BCUT2D eigenvalue weighted by atomic mass is 35.5. The molecule has 2 amide bonds. The number of halogens is 1. The summed E-state index contributed by atoms with van der Waals surface area (Å²) in [6.07, 6.45) is 0.892. The number of carbonyl (C=O) groups excluding carboxylic acids is 2. The van der Waals surface area contributed by atoms with Crippen LogP contribution in [-0.2, 0) is 9.59 Å². The number of benzene rings is 1. The van der Waals surface area contributed by atoms with E-state index in [-0.39, 0.29) is 18.2 Å². The van der Waals surface area contributed by atoms with E-state index in [1.807, 2.05) is 13.0 Å². The van der Waals surface area contributed by atoms with Gasteiger partial charge in [0.1, 0.15) is 12.1 Å². The molecule has 0 saturated carbocycles. The van der Waals surface area contributed by atoms with Crippen LogP contribution in [0.1, 0.15) is 25.3 Å². The molecule has 1 aliphatic heterocycles. The van der Waals surface area contributed by atoms with Gasteiger partial charge in [-0.2, -0.15) is 5.26 Å². The number of anilines is 1. The second-order valence-electron chi connectivity index (χ2n) is 4.59. The fourth-order valence-corrected chi connectivity index (χ4v) is 2.37. The van der Waals surface area contributed by atoms with Crippen LogP contribution < -0.4 is 5.32 Å². The van der Waals surface area contributed by atoms with Crippen LogP contribution in [0.5, 0.6) is 0 Å².